The third-order valence-electron chi connectivity index (χ3n) is 2.58. The zero-order chi connectivity index (χ0) is 11.3. The highest BCUT2D eigenvalue weighted by molar-refractivity contribution is 6.17. The summed E-state index contributed by atoms with van der Waals surface area (Å²) in [5.41, 5.74) is 3.59. The van der Waals surface area contributed by atoms with Gasteiger partial charge in [-0.05, 0) is 43.5 Å². The van der Waals surface area contributed by atoms with E-state index in [1.165, 1.54) is 16.8 Å². The molecule has 3 heteroatoms. The quantitative estimate of drug-likeness (QED) is 0.615. The van der Waals surface area contributed by atoms with Gasteiger partial charge in [0.05, 0.1) is 7.11 Å². The second-order valence-corrected chi connectivity index (χ2v) is 3.91. The number of halogens is 1. The first-order valence-electron chi connectivity index (χ1n) is 5.14. The number of hydrogen-bond acceptors (Lipinski definition) is 2. The van der Waals surface area contributed by atoms with Gasteiger partial charge in [-0.1, -0.05) is 0 Å². The van der Waals surface area contributed by atoms with Crippen LogP contribution in [0.5, 0.6) is 5.75 Å². The van der Waals surface area contributed by atoms with Gasteiger partial charge in [0.1, 0.15) is 5.75 Å². The van der Waals surface area contributed by atoms with Crippen LogP contribution in [0.4, 0.5) is 5.69 Å². The first-order valence-corrected chi connectivity index (χ1v) is 5.68. The smallest absolute Gasteiger partial charge is 0.122 e. The highest BCUT2D eigenvalue weighted by Gasteiger charge is 2.05. The van der Waals surface area contributed by atoms with Gasteiger partial charge in [-0.15, -0.1) is 11.6 Å². The van der Waals surface area contributed by atoms with E-state index in [2.05, 4.69) is 25.2 Å². The van der Waals surface area contributed by atoms with E-state index in [9.17, 15) is 0 Å². The van der Waals surface area contributed by atoms with Crippen LogP contribution in [0.25, 0.3) is 0 Å². The molecule has 15 heavy (non-hydrogen) atoms. The van der Waals surface area contributed by atoms with Crippen molar-refractivity contribution in [1.29, 1.82) is 0 Å². The fourth-order valence-corrected chi connectivity index (χ4v) is 1.63. The Morgan fingerprint density at radius 3 is 2.60 bits per heavy atom. The van der Waals surface area contributed by atoms with Crippen LogP contribution in [-0.4, -0.2) is 19.5 Å². The molecule has 0 aliphatic heterocycles. The standard InChI is InChI=1S/C12H18ClNO/c1-9-10(2)12(15-3)6-5-11(9)14-8-4-7-13/h5-6,14H,4,7-8H2,1-3H3. The topological polar surface area (TPSA) is 21.3 Å². The maximum atomic E-state index is 5.63. The molecule has 0 aromatic heterocycles. The van der Waals surface area contributed by atoms with Crippen LogP contribution < -0.4 is 10.1 Å². The van der Waals surface area contributed by atoms with Crippen molar-refractivity contribution in [3.05, 3.63) is 23.3 Å². The summed E-state index contributed by atoms with van der Waals surface area (Å²) in [6.45, 7) is 5.08. The molecule has 0 aliphatic rings. The molecule has 0 bridgehead atoms. The third-order valence-corrected chi connectivity index (χ3v) is 2.85. The molecule has 0 heterocycles. The summed E-state index contributed by atoms with van der Waals surface area (Å²) in [5.74, 6) is 1.64. The Morgan fingerprint density at radius 2 is 2.00 bits per heavy atom. The van der Waals surface area contributed by atoms with Crippen LogP contribution >= 0.6 is 11.6 Å². The van der Waals surface area contributed by atoms with Crippen LogP contribution in [0.2, 0.25) is 0 Å². The molecule has 0 saturated carbocycles. The Morgan fingerprint density at radius 1 is 1.27 bits per heavy atom. The zero-order valence-electron chi connectivity index (χ0n) is 9.56. The predicted octanol–water partition coefficient (Wildman–Crippen LogP) is 3.35. The van der Waals surface area contributed by atoms with Gasteiger partial charge in [-0.25, -0.2) is 0 Å². The molecule has 0 aliphatic carbocycles. The molecule has 1 aromatic rings. The van der Waals surface area contributed by atoms with Crippen molar-refractivity contribution in [1.82, 2.24) is 0 Å². The molecule has 0 saturated heterocycles. The Labute approximate surface area is 96.6 Å². The molecule has 1 aromatic carbocycles. The van der Waals surface area contributed by atoms with Crippen molar-refractivity contribution in [2.45, 2.75) is 20.3 Å². The highest BCUT2D eigenvalue weighted by atomic mass is 35.5. The SMILES string of the molecule is COc1ccc(NCCCCl)c(C)c1C. The number of methoxy groups -OCH3 is 1. The minimum Gasteiger partial charge on any atom is -0.496 e. The van der Waals surface area contributed by atoms with Crippen molar-refractivity contribution in [3.63, 3.8) is 0 Å². The lowest BCUT2D eigenvalue weighted by Crippen LogP contribution is -2.04. The number of rotatable bonds is 5. The monoisotopic (exact) mass is 227 g/mol. The minimum atomic E-state index is 0.696. The van der Waals surface area contributed by atoms with E-state index in [-0.39, 0.29) is 0 Å². The highest BCUT2D eigenvalue weighted by Crippen LogP contribution is 2.26. The lowest BCUT2D eigenvalue weighted by Gasteiger charge is -2.13. The zero-order valence-corrected chi connectivity index (χ0v) is 10.3. The summed E-state index contributed by atoms with van der Waals surface area (Å²) >= 11 is 5.63. The predicted molar refractivity (Wildman–Crippen MR) is 66.3 cm³/mol. The number of alkyl halides is 1. The summed E-state index contributed by atoms with van der Waals surface area (Å²) in [5, 5.41) is 3.37. The molecular weight excluding hydrogens is 210 g/mol. The van der Waals surface area contributed by atoms with E-state index in [0.29, 0.717) is 5.88 Å². The summed E-state index contributed by atoms with van der Waals surface area (Å²) < 4.78 is 5.26. The van der Waals surface area contributed by atoms with Gasteiger partial charge in [0.25, 0.3) is 0 Å². The maximum Gasteiger partial charge on any atom is 0.122 e. The normalized spacial score (nSPS) is 10.1. The second-order valence-electron chi connectivity index (χ2n) is 3.53. The van der Waals surface area contributed by atoms with Gasteiger partial charge in [0.15, 0.2) is 0 Å². The number of anilines is 1. The van der Waals surface area contributed by atoms with Crippen molar-refractivity contribution in [2.24, 2.45) is 0 Å². The fourth-order valence-electron chi connectivity index (χ4n) is 1.50. The van der Waals surface area contributed by atoms with Crippen LogP contribution in [0.3, 0.4) is 0 Å². The van der Waals surface area contributed by atoms with Crippen molar-refractivity contribution < 1.29 is 4.74 Å². The Kier molecular flexibility index (Phi) is 4.76. The van der Waals surface area contributed by atoms with Gasteiger partial charge in [-0.2, -0.15) is 0 Å². The van der Waals surface area contributed by atoms with Gasteiger partial charge in [0, 0.05) is 18.1 Å². The number of nitrogens with one attached hydrogen (secondary N) is 1. The summed E-state index contributed by atoms with van der Waals surface area (Å²) in [6, 6.07) is 4.04. The molecule has 2 nitrogen and oxygen atoms in total. The summed E-state index contributed by atoms with van der Waals surface area (Å²) in [7, 11) is 1.70. The maximum absolute atomic E-state index is 5.63. The largest absolute Gasteiger partial charge is 0.496 e. The first-order chi connectivity index (χ1) is 7.20. The van der Waals surface area contributed by atoms with Crippen LogP contribution in [0.1, 0.15) is 17.5 Å². The molecule has 84 valence electrons. The second kappa shape index (κ2) is 5.86. The van der Waals surface area contributed by atoms with Crippen LogP contribution in [0.15, 0.2) is 12.1 Å². The van der Waals surface area contributed by atoms with E-state index in [4.69, 9.17) is 16.3 Å². The lowest BCUT2D eigenvalue weighted by atomic mass is 10.1. The summed E-state index contributed by atoms with van der Waals surface area (Å²) in [6.07, 6.45) is 0.978. The number of ether oxygens (including phenoxy) is 1. The molecule has 1 rings (SSSR count). The molecule has 0 radical (unpaired) electrons. The van der Waals surface area contributed by atoms with Gasteiger partial charge < -0.3 is 10.1 Å². The molecular formula is C12H18ClNO. The van der Waals surface area contributed by atoms with Gasteiger partial charge in [-0.3, -0.25) is 0 Å². The van der Waals surface area contributed by atoms with E-state index >= 15 is 0 Å². The van der Waals surface area contributed by atoms with Crippen LogP contribution in [0, 0.1) is 13.8 Å². The van der Waals surface area contributed by atoms with E-state index in [0.717, 1.165) is 18.7 Å². The first kappa shape index (κ1) is 12.2. The minimum absolute atomic E-state index is 0.696. The Hall–Kier alpha value is -0.890. The summed E-state index contributed by atoms with van der Waals surface area (Å²) in [4.78, 5) is 0. The molecule has 0 amide bonds. The van der Waals surface area contributed by atoms with Crippen molar-refractivity contribution in [2.75, 3.05) is 24.9 Å². The van der Waals surface area contributed by atoms with Gasteiger partial charge in [0.2, 0.25) is 0 Å². The third kappa shape index (κ3) is 3.03. The van der Waals surface area contributed by atoms with E-state index in [1.54, 1.807) is 7.11 Å². The van der Waals surface area contributed by atoms with E-state index in [1.807, 2.05) is 6.07 Å². The van der Waals surface area contributed by atoms with Crippen molar-refractivity contribution in [3.8, 4) is 5.75 Å². The fraction of sp³-hybridized carbons (Fsp3) is 0.500. The Bertz CT molecular complexity index is 326. The molecule has 1 N–H and O–H groups in total. The molecule has 0 unspecified atom stereocenters. The van der Waals surface area contributed by atoms with Crippen LogP contribution in [-0.2, 0) is 0 Å². The molecule has 0 spiro atoms. The van der Waals surface area contributed by atoms with Crippen molar-refractivity contribution >= 4 is 17.3 Å². The van der Waals surface area contributed by atoms with Gasteiger partial charge >= 0.3 is 0 Å². The van der Waals surface area contributed by atoms with E-state index < -0.39 is 0 Å². The lowest BCUT2D eigenvalue weighted by molar-refractivity contribution is 0.411. The molecule has 0 atom stereocenters. The number of hydrogen-bond donors (Lipinski definition) is 1. The molecule has 0 fully saturated rings. The number of benzene rings is 1. The average molecular weight is 228 g/mol. The average Bonchev–Trinajstić information content (AvgIpc) is 2.25. The Balaban J connectivity index is 2.77.